The van der Waals surface area contributed by atoms with Crippen molar-refractivity contribution in [3.05, 3.63) is 60.6 Å². The van der Waals surface area contributed by atoms with Gasteiger partial charge >= 0.3 is 0 Å². The van der Waals surface area contributed by atoms with Gasteiger partial charge in [0.05, 0.1) is 11.8 Å². The lowest BCUT2D eigenvalue weighted by atomic mass is 10.2. The zero-order valence-corrected chi connectivity index (χ0v) is 15.4. The Labute approximate surface area is 150 Å². The van der Waals surface area contributed by atoms with Gasteiger partial charge in [-0.2, -0.15) is 0 Å². The molecular formula is C18H19N3OS2. The molecule has 6 heteroatoms. The zero-order chi connectivity index (χ0) is 16.9. The van der Waals surface area contributed by atoms with E-state index in [1.54, 1.807) is 29.8 Å². The molecule has 3 rings (SSSR count). The lowest BCUT2D eigenvalue weighted by Crippen LogP contribution is -2.00. The predicted molar refractivity (Wildman–Crippen MR) is 100 cm³/mol. The average Bonchev–Trinajstić information content (AvgIpc) is 3.20. The van der Waals surface area contributed by atoms with E-state index in [0.717, 1.165) is 28.1 Å². The number of rotatable bonds is 7. The van der Waals surface area contributed by atoms with Gasteiger partial charge in [-0.15, -0.1) is 28.5 Å². The number of furan rings is 1. The minimum atomic E-state index is 0.667. The smallest absolute Gasteiger partial charge is 0.192 e. The second-order valence-corrected chi connectivity index (χ2v) is 7.05. The van der Waals surface area contributed by atoms with Gasteiger partial charge < -0.3 is 4.42 Å². The Bertz CT molecular complexity index is 821. The lowest BCUT2D eigenvalue weighted by molar-refractivity contribution is 0.534. The summed E-state index contributed by atoms with van der Waals surface area (Å²) in [5.41, 5.74) is 2.24. The van der Waals surface area contributed by atoms with Gasteiger partial charge in [0.15, 0.2) is 11.0 Å². The Hall–Kier alpha value is -1.92. The number of thioether (sulfide) groups is 2. The number of aryl methyl sites for hydroxylation is 1. The molecule has 0 saturated carbocycles. The molecule has 4 nitrogen and oxygen atoms in total. The Balaban J connectivity index is 1.81. The first-order valence-corrected chi connectivity index (χ1v) is 9.78. The monoisotopic (exact) mass is 357 g/mol. The number of benzene rings is 1. The number of hydrogen-bond acceptors (Lipinski definition) is 5. The van der Waals surface area contributed by atoms with Gasteiger partial charge in [-0.1, -0.05) is 30.0 Å². The SMILES string of the molecule is C=CCn1c(SCc2ccc(SC)cc2)nnc1-c1ccoc1C. The highest BCUT2D eigenvalue weighted by Gasteiger charge is 2.16. The molecule has 0 aliphatic carbocycles. The highest BCUT2D eigenvalue weighted by atomic mass is 32.2. The molecule has 2 aromatic heterocycles. The molecule has 0 unspecified atom stereocenters. The second kappa shape index (κ2) is 7.77. The third-order valence-electron chi connectivity index (χ3n) is 3.66. The van der Waals surface area contributed by atoms with E-state index in [0.29, 0.717) is 6.54 Å². The van der Waals surface area contributed by atoms with Crippen LogP contribution < -0.4 is 0 Å². The van der Waals surface area contributed by atoms with Gasteiger partial charge in [0.1, 0.15) is 5.76 Å². The van der Waals surface area contributed by atoms with Crippen molar-refractivity contribution in [2.75, 3.05) is 6.26 Å². The number of hydrogen-bond donors (Lipinski definition) is 0. The first-order valence-electron chi connectivity index (χ1n) is 7.57. The first kappa shape index (κ1) is 16.9. The molecule has 3 aromatic rings. The van der Waals surface area contributed by atoms with E-state index in [1.807, 2.05) is 19.1 Å². The highest BCUT2D eigenvalue weighted by molar-refractivity contribution is 7.98. The van der Waals surface area contributed by atoms with Gasteiger partial charge in [-0.05, 0) is 36.9 Å². The number of nitrogens with zero attached hydrogens (tertiary/aromatic N) is 3. The van der Waals surface area contributed by atoms with E-state index < -0.39 is 0 Å². The Kier molecular flexibility index (Phi) is 5.48. The van der Waals surface area contributed by atoms with Crippen LogP contribution in [0.25, 0.3) is 11.4 Å². The minimum Gasteiger partial charge on any atom is -0.469 e. The van der Waals surface area contributed by atoms with Crippen LogP contribution in [0, 0.1) is 6.92 Å². The predicted octanol–water partition coefficient (Wildman–Crippen LogP) is 5.05. The van der Waals surface area contributed by atoms with Crippen LogP contribution in [0.2, 0.25) is 0 Å². The number of allylic oxidation sites excluding steroid dienone is 1. The summed E-state index contributed by atoms with van der Waals surface area (Å²) in [5, 5.41) is 9.61. The molecule has 24 heavy (non-hydrogen) atoms. The fraction of sp³-hybridized carbons (Fsp3) is 0.222. The van der Waals surface area contributed by atoms with Crippen LogP contribution in [0.4, 0.5) is 0 Å². The lowest BCUT2D eigenvalue weighted by Gasteiger charge is -2.07. The molecule has 0 saturated heterocycles. The molecule has 0 aliphatic heterocycles. The highest BCUT2D eigenvalue weighted by Crippen LogP contribution is 2.29. The van der Waals surface area contributed by atoms with Crippen molar-refractivity contribution in [2.45, 2.75) is 29.3 Å². The molecule has 0 spiro atoms. The van der Waals surface area contributed by atoms with Crippen LogP contribution >= 0.6 is 23.5 Å². The fourth-order valence-corrected chi connectivity index (χ4v) is 3.69. The molecule has 1 aromatic carbocycles. The van der Waals surface area contributed by atoms with Gasteiger partial charge in [0.25, 0.3) is 0 Å². The molecule has 0 atom stereocenters. The maximum Gasteiger partial charge on any atom is 0.192 e. The Morgan fingerprint density at radius 3 is 2.62 bits per heavy atom. The van der Waals surface area contributed by atoms with Crippen molar-refractivity contribution >= 4 is 23.5 Å². The molecular weight excluding hydrogens is 338 g/mol. The normalized spacial score (nSPS) is 10.9. The van der Waals surface area contributed by atoms with E-state index in [-0.39, 0.29) is 0 Å². The summed E-state index contributed by atoms with van der Waals surface area (Å²) in [6.45, 7) is 6.45. The third kappa shape index (κ3) is 3.60. The van der Waals surface area contributed by atoms with Crippen LogP contribution in [0.15, 0.2) is 63.7 Å². The van der Waals surface area contributed by atoms with Gasteiger partial charge in [-0.3, -0.25) is 4.57 Å². The standard InChI is InChI=1S/C18H19N3OS2/c1-4-10-21-17(16-9-11-22-13(16)2)19-20-18(21)24-12-14-5-7-15(23-3)8-6-14/h4-9,11H,1,10,12H2,2-3H3. The van der Waals surface area contributed by atoms with E-state index in [2.05, 4.69) is 51.9 Å². The van der Waals surface area contributed by atoms with E-state index >= 15 is 0 Å². The topological polar surface area (TPSA) is 43.9 Å². The van der Waals surface area contributed by atoms with Crippen molar-refractivity contribution in [3.8, 4) is 11.4 Å². The second-order valence-electron chi connectivity index (χ2n) is 5.23. The van der Waals surface area contributed by atoms with Crippen molar-refractivity contribution in [1.29, 1.82) is 0 Å². The summed E-state index contributed by atoms with van der Waals surface area (Å²) in [4.78, 5) is 1.27. The maximum atomic E-state index is 5.40. The third-order valence-corrected chi connectivity index (χ3v) is 5.44. The summed E-state index contributed by atoms with van der Waals surface area (Å²) in [5.74, 6) is 2.52. The van der Waals surface area contributed by atoms with Gasteiger partial charge in [-0.25, -0.2) is 0 Å². The summed E-state index contributed by atoms with van der Waals surface area (Å²) in [6.07, 6.45) is 5.62. The Morgan fingerprint density at radius 1 is 1.21 bits per heavy atom. The van der Waals surface area contributed by atoms with E-state index in [1.165, 1.54) is 10.5 Å². The summed E-state index contributed by atoms with van der Waals surface area (Å²) < 4.78 is 7.47. The zero-order valence-electron chi connectivity index (χ0n) is 13.7. The molecule has 0 aliphatic rings. The molecule has 0 bridgehead atoms. The van der Waals surface area contributed by atoms with Crippen molar-refractivity contribution in [3.63, 3.8) is 0 Å². The fourth-order valence-electron chi connectivity index (χ4n) is 2.37. The average molecular weight is 358 g/mol. The van der Waals surface area contributed by atoms with E-state index in [9.17, 15) is 0 Å². The van der Waals surface area contributed by atoms with Crippen molar-refractivity contribution < 1.29 is 4.42 Å². The van der Waals surface area contributed by atoms with Crippen molar-refractivity contribution in [2.24, 2.45) is 0 Å². The van der Waals surface area contributed by atoms with Crippen LogP contribution in [0.1, 0.15) is 11.3 Å². The van der Waals surface area contributed by atoms with Gasteiger partial charge in [0, 0.05) is 17.2 Å². The van der Waals surface area contributed by atoms with Crippen molar-refractivity contribution in [1.82, 2.24) is 14.8 Å². The molecule has 0 amide bonds. The first-order chi connectivity index (χ1) is 11.7. The minimum absolute atomic E-state index is 0.667. The van der Waals surface area contributed by atoms with Crippen LogP contribution in [-0.4, -0.2) is 21.0 Å². The van der Waals surface area contributed by atoms with Crippen LogP contribution in [-0.2, 0) is 12.3 Å². The summed E-state index contributed by atoms with van der Waals surface area (Å²) >= 11 is 3.43. The molecule has 0 radical (unpaired) electrons. The summed E-state index contributed by atoms with van der Waals surface area (Å²) in [6, 6.07) is 10.5. The van der Waals surface area contributed by atoms with Crippen LogP contribution in [0.3, 0.4) is 0 Å². The van der Waals surface area contributed by atoms with Gasteiger partial charge in [0.2, 0.25) is 0 Å². The number of aromatic nitrogens is 3. The van der Waals surface area contributed by atoms with Crippen LogP contribution in [0.5, 0.6) is 0 Å². The molecule has 0 fully saturated rings. The molecule has 124 valence electrons. The largest absolute Gasteiger partial charge is 0.469 e. The molecule has 2 heterocycles. The quantitative estimate of drug-likeness (QED) is 0.437. The maximum absolute atomic E-state index is 5.40. The Morgan fingerprint density at radius 2 is 2.00 bits per heavy atom. The molecule has 0 N–H and O–H groups in total. The summed E-state index contributed by atoms with van der Waals surface area (Å²) in [7, 11) is 0. The van der Waals surface area contributed by atoms with E-state index in [4.69, 9.17) is 4.42 Å².